The van der Waals surface area contributed by atoms with E-state index in [1.807, 2.05) is 0 Å². The van der Waals surface area contributed by atoms with Crippen LogP contribution in [0.3, 0.4) is 0 Å². The van der Waals surface area contributed by atoms with E-state index in [1.54, 1.807) is 11.3 Å². The van der Waals surface area contributed by atoms with Gasteiger partial charge in [-0.3, -0.25) is 0 Å². The van der Waals surface area contributed by atoms with Gasteiger partial charge in [-0.15, -0.1) is 11.3 Å². The smallest absolute Gasteiger partial charge is 0.0940 e. The molecule has 1 aliphatic rings. The Kier molecular flexibility index (Phi) is 3.19. The summed E-state index contributed by atoms with van der Waals surface area (Å²) in [6.45, 7) is 5.47. The van der Waals surface area contributed by atoms with Gasteiger partial charge in [-0.25, -0.2) is 4.98 Å². The second kappa shape index (κ2) is 4.41. The van der Waals surface area contributed by atoms with Gasteiger partial charge in [0.15, 0.2) is 0 Å². The molecule has 0 unspecified atom stereocenters. The quantitative estimate of drug-likeness (QED) is 0.825. The molecule has 14 heavy (non-hydrogen) atoms. The Morgan fingerprint density at radius 1 is 1.57 bits per heavy atom. The predicted molar refractivity (Wildman–Crippen MR) is 60.7 cm³/mol. The van der Waals surface area contributed by atoms with Crippen molar-refractivity contribution in [2.24, 2.45) is 5.92 Å². The normalized spacial score (nSPS) is 26.1. The molecule has 1 aliphatic carbocycles. The Morgan fingerprint density at radius 2 is 2.36 bits per heavy atom. The van der Waals surface area contributed by atoms with Crippen molar-refractivity contribution in [3.8, 4) is 0 Å². The number of aromatic nitrogens is 1. The van der Waals surface area contributed by atoms with Gasteiger partial charge in [0.1, 0.15) is 0 Å². The van der Waals surface area contributed by atoms with E-state index in [0.717, 1.165) is 30.6 Å². The Labute approximate surface area is 89.8 Å². The Balaban J connectivity index is 1.63. The van der Waals surface area contributed by atoms with Crippen molar-refractivity contribution in [3.63, 3.8) is 0 Å². The van der Waals surface area contributed by atoms with Crippen LogP contribution in [-0.2, 0) is 6.42 Å². The third kappa shape index (κ3) is 2.55. The highest BCUT2D eigenvalue weighted by Crippen LogP contribution is 2.26. The number of nitrogens with zero attached hydrogens (tertiary/aromatic N) is 1. The summed E-state index contributed by atoms with van der Waals surface area (Å²) in [4.78, 5) is 4.44. The molecule has 0 amide bonds. The molecule has 2 rings (SSSR count). The summed E-state index contributed by atoms with van der Waals surface area (Å²) >= 11 is 1.78. The maximum atomic E-state index is 4.44. The van der Waals surface area contributed by atoms with Gasteiger partial charge >= 0.3 is 0 Å². The van der Waals surface area contributed by atoms with Gasteiger partial charge in [-0.05, 0) is 25.7 Å². The molecule has 0 bridgehead atoms. The van der Waals surface area contributed by atoms with E-state index < -0.39 is 0 Å². The lowest BCUT2D eigenvalue weighted by molar-refractivity contribution is 0.243. The minimum atomic E-state index is 0.783. The van der Waals surface area contributed by atoms with Crippen molar-refractivity contribution in [2.75, 3.05) is 6.54 Å². The minimum absolute atomic E-state index is 0.783. The number of aryl methyl sites for hydroxylation is 1. The average Bonchev–Trinajstić information content (AvgIpc) is 2.48. The monoisotopic (exact) mass is 210 g/mol. The predicted octanol–water partition coefficient (Wildman–Crippen LogP) is 2.38. The van der Waals surface area contributed by atoms with Crippen molar-refractivity contribution in [3.05, 3.63) is 16.1 Å². The van der Waals surface area contributed by atoms with Crippen molar-refractivity contribution in [1.82, 2.24) is 10.3 Å². The Hall–Kier alpha value is -0.410. The SMILES string of the molecule is Cc1csc(CCNC2CC(C)C2)n1. The topological polar surface area (TPSA) is 24.9 Å². The van der Waals surface area contributed by atoms with Crippen molar-refractivity contribution >= 4 is 11.3 Å². The number of hydrogen-bond acceptors (Lipinski definition) is 3. The molecule has 1 aromatic heterocycles. The van der Waals surface area contributed by atoms with Gasteiger partial charge in [-0.2, -0.15) is 0 Å². The van der Waals surface area contributed by atoms with Crippen LogP contribution >= 0.6 is 11.3 Å². The first kappa shape index (κ1) is 10.1. The Bertz CT molecular complexity index is 289. The molecule has 1 N–H and O–H groups in total. The standard InChI is InChI=1S/C11H18N2S/c1-8-5-10(6-8)12-4-3-11-13-9(2)7-14-11/h7-8,10,12H,3-6H2,1-2H3. The van der Waals surface area contributed by atoms with Crippen molar-refractivity contribution in [1.29, 1.82) is 0 Å². The maximum absolute atomic E-state index is 4.44. The molecule has 2 nitrogen and oxygen atoms in total. The molecule has 1 heterocycles. The van der Waals surface area contributed by atoms with Crippen LogP contribution in [0.5, 0.6) is 0 Å². The zero-order chi connectivity index (χ0) is 9.97. The molecular weight excluding hydrogens is 192 g/mol. The van der Waals surface area contributed by atoms with Crippen molar-refractivity contribution < 1.29 is 0 Å². The molecule has 1 saturated carbocycles. The molecule has 78 valence electrons. The van der Waals surface area contributed by atoms with E-state index >= 15 is 0 Å². The first-order valence-electron chi connectivity index (χ1n) is 5.38. The third-order valence-corrected chi connectivity index (χ3v) is 3.84. The molecule has 0 aromatic carbocycles. The zero-order valence-corrected chi connectivity index (χ0v) is 9.73. The summed E-state index contributed by atoms with van der Waals surface area (Å²) < 4.78 is 0. The fraction of sp³-hybridized carbons (Fsp3) is 0.727. The number of thiazole rings is 1. The van der Waals surface area contributed by atoms with Gasteiger partial charge in [0, 0.05) is 30.1 Å². The highest BCUT2D eigenvalue weighted by atomic mass is 32.1. The highest BCUT2D eigenvalue weighted by Gasteiger charge is 2.24. The van der Waals surface area contributed by atoms with Gasteiger partial charge in [-0.1, -0.05) is 6.92 Å². The number of rotatable bonds is 4. The van der Waals surface area contributed by atoms with Crippen molar-refractivity contribution in [2.45, 2.75) is 39.2 Å². The first-order valence-corrected chi connectivity index (χ1v) is 6.26. The molecule has 1 aromatic rings. The molecule has 0 atom stereocenters. The van der Waals surface area contributed by atoms with Crippen LogP contribution < -0.4 is 5.32 Å². The molecule has 0 spiro atoms. The van der Waals surface area contributed by atoms with Crippen LogP contribution in [0.15, 0.2) is 5.38 Å². The second-order valence-corrected chi connectivity index (χ2v) is 5.30. The molecule has 0 saturated heterocycles. The average molecular weight is 210 g/mol. The molecule has 0 aliphatic heterocycles. The van der Waals surface area contributed by atoms with E-state index in [-0.39, 0.29) is 0 Å². The van der Waals surface area contributed by atoms with E-state index in [4.69, 9.17) is 0 Å². The summed E-state index contributed by atoms with van der Waals surface area (Å²) in [5.41, 5.74) is 1.15. The lowest BCUT2D eigenvalue weighted by Gasteiger charge is -2.33. The molecule has 3 heteroatoms. The lowest BCUT2D eigenvalue weighted by atomic mass is 9.82. The van der Waals surface area contributed by atoms with Crippen LogP contribution in [0.4, 0.5) is 0 Å². The van der Waals surface area contributed by atoms with Gasteiger partial charge in [0.2, 0.25) is 0 Å². The summed E-state index contributed by atoms with van der Waals surface area (Å²) in [6, 6.07) is 0.783. The largest absolute Gasteiger partial charge is 0.314 e. The zero-order valence-electron chi connectivity index (χ0n) is 8.92. The minimum Gasteiger partial charge on any atom is -0.314 e. The first-order chi connectivity index (χ1) is 6.74. The van der Waals surface area contributed by atoms with E-state index in [9.17, 15) is 0 Å². The summed E-state index contributed by atoms with van der Waals surface area (Å²) in [5.74, 6) is 0.939. The fourth-order valence-corrected chi connectivity index (χ4v) is 2.75. The van der Waals surface area contributed by atoms with Gasteiger partial charge in [0.05, 0.1) is 5.01 Å². The van der Waals surface area contributed by atoms with Crippen LogP contribution in [-0.4, -0.2) is 17.6 Å². The molecule has 0 radical (unpaired) electrons. The Morgan fingerprint density at radius 3 is 2.93 bits per heavy atom. The van der Waals surface area contributed by atoms with Gasteiger partial charge in [0.25, 0.3) is 0 Å². The van der Waals surface area contributed by atoms with Crippen LogP contribution in [0.1, 0.15) is 30.5 Å². The van der Waals surface area contributed by atoms with Crippen LogP contribution in [0.2, 0.25) is 0 Å². The van der Waals surface area contributed by atoms with Gasteiger partial charge < -0.3 is 5.32 Å². The van der Waals surface area contributed by atoms with E-state index in [0.29, 0.717) is 0 Å². The third-order valence-electron chi connectivity index (χ3n) is 2.81. The second-order valence-electron chi connectivity index (χ2n) is 4.36. The van der Waals surface area contributed by atoms with E-state index in [1.165, 1.54) is 17.8 Å². The highest BCUT2D eigenvalue weighted by molar-refractivity contribution is 7.09. The number of hydrogen-bond donors (Lipinski definition) is 1. The van der Waals surface area contributed by atoms with Crippen LogP contribution in [0.25, 0.3) is 0 Å². The lowest BCUT2D eigenvalue weighted by Crippen LogP contribution is -2.40. The molecular formula is C11H18N2S. The molecule has 1 fully saturated rings. The number of nitrogens with one attached hydrogen (secondary N) is 1. The maximum Gasteiger partial charge on any atom is 0.0940 e. The fourth-order valence-electron chi connectivity index (χ4n) is 1.97. The summed E-state index contributed by atoms with van der Waals surface area (Å²) in [6.07, 6.45) is 3.80. The summed E-state index contributed by atoms with van der Waals surface area (Å²) in [7, 11) is 0. The summed E-state index contributed by atoms with van der Waals surface area (Å²) in [5, 5.41) is 6.97. The van der Waals surface area contributed by atoms with E-state index in [2.05, 4.69) is 29.5 Å². The van der Waals surface area contributed by atoms with Crippen LogP contribution in [0, 0.1) is 12.8 Å².